The van der Waals surface area contributed by atoms with E-state index in [1.165, 1.54) is 0 Å². The largest absolute Gasteiger partial charge is 0.381 e. The highest BCUT2D eigenvalue weighted by Crippen LogP contribution is 2.21. The summed E-state index contributed by atoms with van der Waals surface area (Å²) in [6, 6.07) is 9.36. The molecule has 2 amide bonds. The van der Waals surface area contributed by atoms with E-state index in [9.17, 15) is 13.2 Å². The molecular weight excluding hydrogens is 328 g/mol. The zero-order valence-electron chi connectivity index (χ0n) is 13.7. The quantitative estimate of drug-likeness (QED) is 0.892. The zero-order chi connectivity index (χ0) is 17.0. The first kappa shape index (κ1) is 17.2. The van der Waals surface area contributed by atoms with Crippen LogP contribution in [-0.4, -0.2) is 56.2 Å². The van der Waals surface area contributed by atoms with Gasteiger partial charge in [-0.1, -0.05) is 30.3 Å². The van der Waals surface area contributed by atoms with Crippen molar-refractivity contribution in [2.24, 2.45) is 0 Å². The van der Waals surface area contributed by atoms with Gasteiger partial charge in [-0.05, 0) is 24.8 Å². The second kappa shape index (κ2) is 7.53. The summed E-state index contributed by atoms with van der Waals surface area (Å²) in [5.41, 5.74) is 1.00. The molecule has 2 fully saturated rings. The average Bonchev–Trinajstić information content (AvgIpc) is 2.94. The summed E-state index contributed by atoms with van der Waals surface area (Å²) >= 11 is 0. The highest BCUT2D eigenvalue weighted by molar-refractivity contribution is 7.91. The summed E-state index contributed by atoms with van der Waals surface area (Å²) < 4.78 is 29.0. The van der Waals surface area contributed by atoms with Gasteiger partial charge in [0.05, 0.1) is 11.5 Å². The topological polar surface area (TPSA) is 75.7 Å². The molecule has 7 heteroatoms. The summed E-state index contributed by atoms with van der Waals surface area (Å²) in [6.07, 6.45) is 2.11. The van der Waals surface area contributed by atoms with Crippen LogP contribution in [0.25, 0.3) is 0 Å². The van der Waals surface area contributed by atoms with Crippen molar-refractivity contribution in [3.05, 3.63) is 35.9 Å². The van der Waals surface area contributed by atoms with Crippen LogP contribution in [-0.2, 0) is 21.1 Å². The molecule has 1 N–H and O–H groups in total. The SMILES string of the molecule is O=C(NC1CCOCC1)N(Cc1ccccc1)C1CCS(=O)(=O)C1. The van der Waals surface area contributed by atoms with Gasteiger partial charge in [-0.25, -0.2) is 13.2 Å². The summed E-state index contributed by atoms with van der Waals surface area (Å²) in [7, 11) is -3.04. The van der Waals surface area contributed by atoms with Crippen molar-refractivity contribution in [2.75, 3.05) is 24.7 Å². The smallest absolute Gasteiger partial charge is 0.318 e. The third-order valence-corrected chi connectivity index (χ3v) is 6.41. The van der Waals surface area contributed by atoms with E-state index in [-0.39, 0.29) is 29.6 Å². The van der Waals surface area contributed by atoms with Crippen molar-refractivity contribution in [1.82, 2.24) is 10.2 Å². The van der Waals surface area contributed by atoms with Crippen molar-refractivity contribution in [3.8, 4) is 0 Å². The van der Waals surface area contributed by atoms with Gasteiger partial charge >= 0.3 is 6.03 Å². The Morgan fingerprint density at radius 2 is 1.88 bits per heavy atom. The molecule has 0 aromatic heterocycles. The maximum atomic E-state index is 12.8. The minimum absolute atomic E-state index is 0.0566. The number of urea groups is 1. The van der Waals surface area contributed by atoms with Gasteiger partial charge in [-0.2, -0.15) is 0 Å². The number of amides is 2. The molecule has 6 nitrogen and oxygen atoms in total. The monoisotopic (exact) mass is 352 g/mol. The lowest BCUT2D eigenvalue weighted by Crippen LogP contribution is -2.50. The lowest BCUT2D eigenvalue weighted by molar-refractivity contribution is 0.0770. The molecule has 1 aromatic rings. The Bertz CT molecular complexity index is 656. The number of rotatable bonds is 4. The Hall–Kier alpha value is -1.60. The van der Waals surface area contributed by atoms with E-state index >= 15 is 0 Å². The molecule has 2 aliphatic heterocycles. The Morgan fingerprint density at radius 1 is 1.17 bits per heavy atom. The summed E-state index contributed by atoms with van der Waals surface area (Å²) in [4.78, 5) is 14.5. The molecule has 0 bridgehead atoms. The van der Waals surface area contributed by atoms with E-state index < -0.39 is 9.84 Å². The third kappa shape index (κ3) is 4.48. The first-order valence-corrected chi connectivity index (χ1v) is 10.2. The molecule has 1 aromatic carbocycles. The first-order chi connectivity index (χ1) is 11.5. The van der Waals surface area contributed by atoms with Crippen molar-refractivity contribution in [2.45, 2.75) is 37.9 Å². The van der Waals surface area contributed by atoms with Crippen LogP contribution in [0, 0.1) is 0 Å². The fraction of sp³-hybridized carbons (Fsp3) is 0.588. The van der Waals surface area contributed by atoms with Crippen LogP contribution in [0.3, 0.4) is 0 Å². The molecule has 1 unspecified atom stereocenters. The van der Waals surface area contributed by atoms with Crippen molar-refractivity contribution in [3.63, 3.8) is 0 Å². The molecule has 0 radical (unpaired) electrons. The van der Waals surface area contributed by atoms with Crippen LogP contribution in [0.1, 0.15) is 24.8 Å². The van der Waals surface area contributed by atoms with Crippen molar-refractivity contribution >= 4 is 15.9 Å². The van der Waals surface area contributed by atoms with Crippen LogP contribution in [0.2, 0.25) is 0 Å². The van der Waals surface area contributed by atoms with Crippen LogP contribution >= 0.6 is 0 Å². The van der Waals surface area contributed by atoms with Crippen LogP contribution in [0.5, 0.6) is 0 Å². The van der Waals surface area contributed by atoms with Gasteiger partial charge in [0.2, 0.25) is 0 Å². The van der Waals surface area contributed by atoms with E-state index in [1.807, 2.05) is 30.3 Å². The average molecular weight is 352 g/mol. The fourth-order valence-corrected chi connectivity index (χ4v) is 5.00. The third-order valence-electron chi connectivity index (χ3n) is 4.65. The zero-order valence-corrected chi connectivity index (χ0v) is 14.5. The number of sulfone groups is 1. The standard InChI is InChI=1S/C17H24N2O4S/c20-17(18-15-6-9-23-10-7-15)19(12-14-4-2-1-3-5-14)16-8-11-24(21,22)13-16/h1-5,15-16H,6-13H2,(H,18,20). The van der Waals surface area contributed by atoms with Gasteiger partial charge in [0.15, 0.2) is 9.84 Å². The Balaban J connectivity index is 1.72. The Labute approximate surface area is 143 Å². The predicted molar refractivity (Wildman–Crippen MR) is 91.4 cm³/mol. The van der Waals surface area contributed by atoms with E-state index in [0.717, 1.165) is 18.4 Å². The molecule has 1 atom stereocenters. The first-order valence-electron chi connectivity index (χ1n) is 8.43. The van der Waals surface area contributed by atoms with Gasteiger partial charge in [-0.3, -0.25) is 0 Å². The summed E-state index contributed by atoms with van der Waals surface area (Å²) in [5, 5.41) is 3.06. The molecule has 0 spiro atoms. The molecule has 2 heterocycles. The normalized spacial score (nSPS) is 23.8. The van der Waals surface area contributed by atoms with Gasteiger partial charge in [0, 0.05) is 31.8 Å². The van der Waals surface area contributed by atoms with Crippen molar-refractivity contribution < 1.29 is 17.9 Å². The molecule has 3 rings (SSSR count). The molecule has 2 saturated heterocycles. The minimum Gasteiger partial charge on any atom is -0.381 e. The molecule has 132 valence electrons. The highest BCUT2D eigenvalue weighted by atomic mass is 32.2. The van der Waals surface area contributed by atoms with Crippen molar-refractivity contribution in [1.29, 1.82) is 0 Å². The number of nitrogens with zero attached hydrogens (tertiary/aromatic N) is 1. The summed E-state index contributed by atoms with van der Waals surface area (Å²) in [5.74, 6) is 0.217. The molecule has 24 heavy (non-hydrogen) atoms. The molecular formula is C17H24N2O4S. The van der Waals surface area contributed by atoms with E-state index in [4.69, 9.17) is 4.74 Å². The Morgan fingerprint density at radius 3 is 2.50 bits per heavy atom. The van der Waals surface area contributed by atoms with Gasteiger partial charge in [-0.15, -0.1) is 0 Å². The van der Waals surface area contributed by atoms with E-state index in [2.05, 4.69) is 5.32 Å². The predicted octanol–water partition coefficient (Wildman–Crippen LogP) is 1.56. The van der Waals surface area contributed by atoms with Gasteiger partial charge in [0.1, 0.15) is 0 Å². The summed E-state index contributed by atoms with van der Waals surface area (Å²) in [6.45, 7) is 1.74. The Kier molecular flexibility index (Phi) is 5.40. The molecule has 0 aliphatic carbocycles. The second-order valence-corrected chi connectivity index (χ2v) is 8.74. The second-order valence-electron chi connectivity index (χ2n) is 6.51. The number of carbonyl (C=O) groups excluding carboxylic acids is 1. The number of nitrogens with one attached hydrogen (secondary N) is 1. The lowest BCUT2D eigenvalue weighted by Gasteiger charge is -2.32. The lowest BCUT2D eigenvalue weighted by atomic mass is 10.1. The van der Waals surface area contributed by atoms with Gasteiger partial charge in [0.25, 0.3) is 0 Å². The maximum absolute atomic E-state index is 12.8. The fourth-order valence-electron chi connectivity index (χ4n) is 3.27. The van der Waals surface area contributed by atoms with Crippen LogP contribution in [0.15, 0.2) is 30.3 Å². The molecule has 2 aliphatic rings. The van der Waals surface area contributed by atoms with E-state index in [1.54, 1.807) is 4.90 Å². The minimum atomic E-state index is -3.04. The number of carbonyl (C=O) groups is 1. The number of hydrogen-bond donors (Lipinski definition) is 1. The number of ether oxygens (including phenoxy) is 1. The number of hydrogen-bond acceptors (Lipinski definition) is 4. The van der Waals surface area contributed by atoms with Gasteiger partial charge < -0.3 is 15.0 Å². The van der Waals surface area contributed by atoms with Crippen LogP contribution < -0.4 is 5.32 Å². The van der Waals surface area contributed by atoms with E-state index in [0.29, 0.717) is 26.2 Å². The maximum Gasteiger partial charge on any atom is 0.318 e. The highest BCUT2D eigenvalue weighted by Gasteiger charge is 2.35. The number of benzene rings is 1. The molecule has 0 saturated carbocycles. The van der Waals surface area contributed by atoms with Crippen LogP contribution in [0.4, 0.5) is 4.79 Å².